The molecule has 3 rings (SSSR count). The van der Waals surface area contributed by atoms with Gasteiger partial charge in [-0.25, -0.2) is 0 Å². The lowest BCUT2D eigenvalue weighted by molar-refractivity contribution is 0.0816. The predicted octanol–water partition coefficient (Wildman–Crippen LogP) is 1.87. The van der Waals surface area contributed by atoms with Crippen molar-refractivity contribution in [3.05, 3.63) is 34.9 Å². The second kappa shape index (κ2) is 3.57. The third-order valence-electron chi connectivity index (χ3n) is 4.10. The van der Waals surface area contributed by atoms with E-state index < -0.39 is 0 Å². The number of benzene rings is 1. The largest absolute Gasteiger partial charge is 0.337 e. The minimum Gasteiger partial charge on any atom is -0.337 e. The van der Waals surface area contributed by atoms with Crippen LogP contribution in [0.25, 0.3) is 0 Å². The Morgan fingerprint density at radius 1 is 1.41 bits per heavy atom. The Labute approximate surface area is 102 Å². The second-order valence-corrected chi connectivity index (χ2v) is 5.40. The number of rotatable bonds is 1. The van der Waals surface area contributed by atoms with Crippen molar-refractivity contribution in [3.63, 3.8) is 0 Å². The van der Waals surface area contributed by atoms with Crippen molar-refractivity contribution < 1.29 is 4.79 Å². The highest BCUT2D eigenvalue weighted by atomic mass is 16.2. The molecule has 1 aromatic carbocycles. The maximum absolute atomic E-state index is 12.0. The molecule has 0 aromatic heterocycles. The summed E-state index contributed by atoms with van der Waals surface area (Å²) in [5, 5.41) is 3.54. The van der Waals surface area contributed by atoms with Crippen LogP contribution in [0.2, 0.25) is 0 Å². The summed E-state index contributed by atoms with van der Waals surface area (Å²) in [6, 6.07) is 6.36. The van der Waals surface area contributed by atoms with Crippen LogP contribution in [0.1, 0.15) is 41.3 Å². The minimum absolute atomic E-state index is 0.0521. The molecule has 1 saturated heterocycles. The molecule has 0 saturated carbocycles. The summed E-state index contributed by atoms with van der Waals surface area (Å²) in [5.74, 6) is 0.156. The Balaban J connectivity index is 2.02. The summed E-state index contributed by atoms with van der Waals surface area (Å²) in [5.41, 5.74) is 3.34. The van der Waals surface area contributed by atoms with E-state index in [9.17, 15) is 4.79 Å². The first-order valence-electron chi connectivity index (χ1n) is 6.24. The number of amides is 1. The van der Waals surface area contributed by atoms with E-state index in [0.29, 0.717) is 0 Å². The average Bonchev–Trinajstić information content (AvgIpc) is 2.86. The molecular formula is C14H18N2O. The molecule has 1 fully saturated rings. The highest BCUT2D eigenvalue weighted by molar-refractivity contribution is 5.98. The summed E-state index contributed by atoms with van der Waals surface area (Å²) >= 11 is 0. The molecule has 0 radical (unpaired) electrons. The van der Waals surface area contributed by atoms with Gasteiger partial charge in [-0.15, -0.1) is 0 Å². The Morgan fingerprint density at radius 2 is 2.24 bits per heavy atom. The molecule has 1 N–H and O–H groups in total. The van der Waals surface area contributed by atoms with Gasteiger partial charge in [0.25, 0.3) is 5.91 Å². The summed E-state index contributed by atoms with van der Waals surface area (Å²) in [7, 11) is 1.86. The molecule has 2 aliphatic rings. The van der Waals surface area contributed by atoms with Crippen LogP contribution >= 0.6 is 0 Å². The van der Waals surface area contributed by atoms with Crippen molar-refractivity contribution in [2.24, 2.45) is 0 Å². The Morgan fingerprint density at radius 3 is 2.94 bits per heavy atom. The Hall–Kier alpha value is -1.35. The van der Waals surface area contributed by atoms with E-state index >= 15 is 0 Å². The number of hydrogen-bond acceptors (Lipinski definition) is 2. The smallest absolute Gasteiger partial charge is 0.254 e. The van der Waals surface area contributed by atoms with Gasteiger partial charge in [0.15, 0.2) is 0 Å². The monoisotopic (exact) mass is 230 g/mol. The lowest BCUT2D eigenvalue weighted by Gasteiger charge is -2.25. The van der Waals surface area contributed by atoms with Crippen LogP contribution in [0.5, 0.6) is 0 Å². The van der Waals surface area contributed by atoms with Crippen LogP contribution < -0.4 is 5.32 Å². The van der Waals surface area contributed by atoms with Crippen LogP contribution in [0.3, 0.4) is 0 Å². The van der Waals surface area contributed by atoms with Gasteiger partial charge in [-0.3, -0.25) is 4.79 Å². The molecule has 90 valence electrons. The predicted molar refractivity (Wildman–Crippen MR) is 66.8 cm³/mol. The van der Waals surface area contributed by atoms with Gasteiger partial charge < -0.3 is 10.2 Å². The quantitative estimate of drug-likeness (QED) is 0.799. The van der Waals surface area contributed by atoms with Gasteiger partial charge >= 0.3 is 0 Å². The molecule has 1 amide bonds. The fourth-order valence-corrected chi connectivity index (χ4v) is 2.93. The summed E-state index contributed by atoms with van der Waals surface area (Å²) in [4.78, 5) is 13.8. The van der Waals surface area contributed by atoms with E-state index in [4.69, 9.17) is 0 Å². The Bertz CT molecular complexity index is 475. The first-order valence-corrected chi connectivity index (χ1v) is 6.24. The molecule has 2 heterocycles. The van der Waals surface area contributed by atoms with Gasteiger partial charge in [0.2, 0.25) is 0 Å². The van der Waals surface area contributed by atoms with E-state index in [1.165, 1.54) is 12.0 Å². The van der Waals surface area contributed by atoms with Crippen LogP contribution in [-0.2, 0) is 12.1 Å². The van der Waals surface area contributed by atoms with Crippen LogP contribution in [0.4, 0.5) is 0 Å². The molecule has 17 heavy (non-hydrogen) atoms. The van der Waals surface area contributed by atoms with Gasteiger partial charge in [-0.2, -0.15) is 0 Å². The molecule has 1 atom stereocenters. The molecule has 0 aliphatic carbocycles. The first-order chi connectivity index (χ1) is 8.10. The van der Waals surface area contributed by atoms with Crippen LogP contribution in [-0.4, -0.2) is 24.4 Å². The maximum Gasteiger partial charge on any atom is 0.254 e. The summed E-state index contributed by atoms with van der Waals surface area (Å²) in [6.07, 6.45) is 2.36. The Kier molecular flexibility index (Phi) is 2.26. The third kappa shape index (κ3) is 1.57. The number of nitrogens with zero attached hydrogens (tertiary/aromatic N) is 1. The topological polar surface area (TPSA) is 32.3 Å². The number of hydrogen-bond donors (Lipinski definition) is 1. The van der Waals surface area contributed by atoms with Crippen LogP contribution in [0.15, 0.2) is 18.2 Å². The third-order valence-corrected chi connectivity index (χ3v) is 4.10. The normalized spacial score (nSPS) is 27.6. The molecular weight excluding hydrogens is 212 g/mol. The van der Waals surface area contributed by atoms with E-state index in [2.05, 4.69) is 30.4 Å². The van der Waals surface area contributed by atoms with E-state index in [-0.39, 0.29) is 11.4 Å². The standard InChI is InChI=1S/C14H18N2O/c1-14(6-3-7-15-14)11-5-4-10-9-16(2)13(17)12(10)8-11/h4-5,8,15H,3,6-7,9H2,1-2H3. The SMILES string of the molecule is CN1Cc2ccc(C3(C)CCCN3)cc2C1=O. The van der Waals surface area contributed by atoms with Gasteiger partial charge in [0.1, 0.15) is 0 Å². The van der Waals surface area contributed by atoms with Gasteiger partial charge in [-0.1, -0.05) is 12.1 Å². The highest BCUT2D eigenvalue weighted by Gasteiger charge is 2.32. The van der Waals surface area contributed by atoms with E-state index in [0.717, 1.165) is 30.6 Å². The number of fused-ring (bicyclic) bond motifs is 1. The van der Waals surface area contributed by atoms with Gasteiger partial charge in [0.05, 0.1) is 0 Å². The molecule has 1 unspecified atom stereocenters. The van der Waals surface area contributed by atoms with Crippen molar-refractivity contribution in [2.75, 3.05) is 13.6 Å². The molecule has 2 aliphatic heterocycles. The highest BCUT2D eigenvalue weighted by Crippen LogP contribution is 2.33. The zero-order valence-electron chi connectivity index (χ0n) is 10.4. The van der Waals surface area contributed by atoms with E-state index in [1.807, 2.05) is 7.05 Å². The second-order valence-electron chi connectivity index (χ2n) is 5.40. The van der Waals surface area contributed by atoms with Crippen molar-refractivity contribution in [2.45, 2.75) is 31.8 Å². The molecule has 3 heteroatoms. The van der Waals surface area contributed by atoms with E-state index in [1.54, 1.807) is 4.90 Å². The van der Waals surface area contributed by atoms with Crippen molar-refractivity contribution in [1.82, 2.24) is 10.2 Å². The minimum atomic E-state index is 0.0521. The molecule has 3 nitrogen and oxygen atoms in total. The van der Waals surface area contributed by atoms with Crippen molar-refractivity contribution in [1.29, 1.82) is 0 Å². The summed E-state index contributed by atoms with van der Waals surface area (Å²) in [6.45, 7) is 4.05. The van der Waals surface area contributed by atoms with Crippen LogP contribution in [0, 0.1) is 0 Å². The maximum atomic E-state index is 12.0. The number of carbonyl (C=O) groups excluding carboxylic acids is 1. The lowest BCUT2D eigenvalue weighted by atomic mass is 9.88. The molecule has 1 aromatic rings. The zero-order chi connectivity index (χ0) is 12.0. The first kappa shape index (κ1) is 10.8. The number of nitrogens with one attached hydrogen (secondary N) is 1. The zero-order valence-corrected chi connectivity index (χ0v) is 10.4. The average molecular weight is 230 g/mol. The van der Waals surface area contributed by atoms with Crippen molar-refractivity contribution >= 4 is 5.91 Å². The molecule has 0 bridgehead atoms. The summed E-state index contributed by atoms with van der Waals surface area (Å²) < 4.78 is 0. The molecule has 0 spiro atoms. The number of carbonyl (C=O) groups is 1. The fraction of sp³-hybridized carbons (Fsp3) is 0.500. The fourth-order valence-electron chi connectivity index (χ4n) is 2.93. The van der Waals surface area contributed by atoms with Gasteiger partial charge in [0, 0.05) is 24.7 Å². The lowest BCUT2D eigenvalue weighted by Crippen LogP contribution is -2.33. The van der Waals surface area contributed by atoms with Crippen molar-refractivity contribution in [3.8, 4) is 0 Å². The van der Waals surface area contributed by atoms with Gasteiger partial charge in [-0.05, 0) is 43.5 Å².